The van der Waals surface area contributed by atoms with Crippen LogP contribution in [0.4, 0.5) is 0 Å². The fourth-order valence-electron chi connectivity index (χ4n) is 2.78. The first-order valence-corrected chi connectivity index (χ1v) is 10.1. The van der Waals surface area contributed by atoms with Crippen molar-refractivity contribution in [3.05, 3.63) is 52.2 Å². The van der Waals surface area contributed by atoms with Crippen LogP contribution in [0.5, 0.6) is 5.75 Å². The number of esters is 1. The fourth-order valence-corrected chi connectivity index (χ4v) is 3.43. The summed E-state index contributed by atoms with van der Waals surface area (Å²) in [6, 6.07) is 7.40. The standard InChI is InChI=1S/C21H24N2O4S/c1-11(2)14-9-15(12(3)4)18(24)16(10-14)21(25)26-13(5)19-22-23-20(27-19)17-7-6-8-28-17/h6-13,24H,1-5H3/t13-/m0/s1. The largest absolute Gasteiger partial charge is 0.507 e. The van der Waals surface area contributed by atoms with Crippen LogP contribution in [-0.4, -0.2) is 21.3 Å². The lowest BCUT2D eigenvalue weighted by Crippen LogP contribution is -2.11. The topological polar surface area (TPSA) is 85.5 Å². The van der Waals surface area contributed by atoms with Gasteiger partial charge in [-0.05, 0) is 47.4 Å². The Balaban J connectivity index is 1.84. The maximum atomic E-state index is 12.8. The molecule has 1 aromatic carbocycles. The van der Waals surface area contributed by atoms with E-state index in [2.05, 4.69) is 10.2 Å². The summed E-state index contributed by atoms with van der Waals surface area (Å²) >= 11 is 1.49. The molecule has 0 saturated carbocycles. The van der Waals surface area contributed by atoms with Crippen LogP contribution in [0.2, 0.25) is 0 Å². The second kappa shape index (κ2) is 8.14. The molecule has 3 rings (SSSR count). The maximum Gasteiger partial charge on any atom is 0.342 e. The minimum absolute atomic E-state index is 0.0404. The molecule has 2 aromatic heterocycles. The number of aromatic hydroxyl groups is 1. The summed E-state index contributed by atoms with van der Waals surface area (Å²) in [6.45, 7) is 9.69. The summed E-state index contributed by atoms with van der Waals surface area (Å²) in [4.78, 5) is 13.6. The van der Waals surface area contributed by atoms with Crippen molar-refractivity contribution in [3.8, 4) is 16.5 Å². The Hall–Kier alpha value is -2.67. The zero-order valence-corrected chi connectivity index (χ0v) is 17.4. The van der Waals surface area contributed by atoms with Crippen molar-refractivity contribution in [1.82, 2.24) is 10.2 Å². The molecule has 2 heterocycles. The molecule has 1 atom stereocenters. The van der Waals surface area contributed by atoms with E-state index >= 15 is 0 Å². The van der Waals surface area contributed by atoms with Gasteiger partial charge in [-0.25, -0.2) is 4.79 Å². The highest BCUT2D eigenvalue weighted by molar-refractivity contribution is 7.13. The maximum absolute atomic E-state index is 12.8. The number of thiophene rings is 1. The zero-order valence-electron chi connectivity index (χ0n) is 16.6. The van der Waals surface area contributed by atoms with Gasteiger partial charge in [0.05, 0.1) is 4.88 Å². The van der Waals surface area contributed by atoms with Crippen LogP contribution in [0, 0.1) is 0 Å². The molecule has 1 N–H and O–H groups in total. The quantitative estimate of drug-likeness (QED) is 0.537. The Morgan fingerprint density at radius 2 is 1.89 bits per heavy atom. The zero-order chi connectivity index (χ0) is 20.4. The molecular formula is C21H24N2O4S. The number of hydrogen-bond acceptors (Lipinski definition) is 7. The van der Waals surface area contributed by atoms with Crippen molar-refractivity contribution in [2.24, 2.45) is 0 Å². The monoisotopic (exact) mass is 400 g/mol. The van der Waals surface area contributed by atoms with Crippen LogP contribution in [-0.2, 0) is 4.74 Å². The van der Waals surface area contributed by atoms with E-state index in [0.29, 0.717) is 5.89 Å². The second-order valence-electron chi connectivity index (χ2n) is 7.29. The molecule has 6 nitrogen and oxygen atoms in total. The Morgan fingerprint density at radius 3 is 2.50 bits per heavy atom. The van der Waals surface area contributed by atoms with E-state index in [9.17, 15) is 9.90 Å². The molecule has 0 aliphatic heterocycles. The van der Waals surface area contributed by atoms with Gasteiger partial charge in [-0.1, -0.05) is 39.8 Å². The second-order valence-corrected chi connectivity index (χ2v) is 8.23. The average molecular weight is 401 g/mol. The molecule has 0 amide bonds. The Labute approximate surface area is 168 Å². The number of nitrogens with zero attached hydrogens (tertiary/aromatic N) is 2. The Bertz CT molecular complexity index is 961. The molecule has 148 valence electrons. The van der Waals surface area contributed by atoms with Crippen LogP contribution in [0.15, 0.2) is 34.1 Å². The summed E-state index contributed by atoms with van der Waals surface area (Å²) < 4.78 is 11.1. The van der Waals surface area contributed by atoms with Gasteiger partial charge in [0.15, 0.2) is 6.10 Å². The number of benzene rings is 1. The Morgan fingerprint density at radius 1 is 1.14 bits per heavy atom. The van der Waals surface area contributed by atoms with Gasteiger partial charge in [0, 0.05) is 0 Å². The van der Waals surface area contributed by atoms with E-state index in [4.69, 9.17) is 9.15 Å². The van der Waals surface area contributed by atoms with Gasteiger partial charge < -0.3 is 14.3 Å². The van der Waals surface area contributed by atoms with Crippen molar-refractivity contribution in [3.63, 3.8) is 0 Å². The van der Waals surface area contributed by atoms with Crippen molar-refractivity contribution in [2.45, 2.75) is 52.6 Å². The number of aromatic nitrogens is 2. The molecule has 0 spiro atoms. The van der Waals surface area contributed by atoms with E-state index in [1.807, 2.05) is 51.3 Å². The summed E-state index contributed by atoms with van der Waals surface area (Å²) in [7, 11) is 0. The fraction of sp³-hybridized carbons (Fsp3) is 0.381. The highest BCUT2D eigenvalue weighted by Gasteiger charge is 2.24. The van der Waals surface area contributed by atoms with Gasteiger partial charge in [-0.2, -0.15) is 0 Å². The minimum atomic E-state index is -0.738. The predicted molar refractivity (Wildman–Crippen MR) is 108 cm³/mol. The molecule has 0 saturated heterocycles. The first kappa shape index (κ1) is 20.1. The van der Waals surface area contributed by atoms with Gasteiger partial charge in [-0.3, -0.25) is 0 Å². The predicted octanol–water partition coefficient (Wildman–Crippen LogP) is 5.67. The molecule has 0 aliphatic rings. The van der Waals surface area contributed by atoms with E-state index in [0.717, 1.165) is 16.0 Å². The van der Waals surface area contributed by atoms with Crippen molar-refractivity contribution < 1.29 is 19.1 Å². The minimum Gasteiger partial charge on any atom is -0.507 e. The third-order valence-corrected chi connectivity index (χ3v) is 5.33. The SMILES string of the molecule is CC(C)c1cc(C(=O)O[C@@H](C)c2nnc(-c3cccs3)o2)c(O)c(C(C)C)c1. The lowest BCUT2D eigenvalue weighted by molar-refractivity contribution is 0.0276. The number of phenols is 1. The lowest BCUT2D eigenvalue weighted by Gasteiger charge is -2.17. The normalized spacial score (nSPS) is 12.5. The molecule has 0 bridgehead atoms. The van der Waals surface area contributed by atoms with E-state index < -0.39 is 12.1 Å². The molecule has 7 heteroatoms. The number of rotatable bonds is 6. The van der Waals surface area contributed by atoms with Gasteiger partial charge in [0.2, 0.25) is 0 Å². The highest BCUT2D eigenvalue weighted by atomic mass is 32.1. The van der Waals surface area contributed by atoms with Crippen molar-refractivity contribution in [2.75, 3.05) is 0 Å². The molecule has 0 aliphatic carbocycles. The van der Waals surface area contributed by atoms with Gasteiger partial charge in [0.1, 0.15) is 11.3 Å². The first-order chi connectivity index (χ1) is 13.3. The van der Waals surface area contributed by atoms with Crippen molar-refractivity contribution >= 4 is 17.3 Å². The number of carbonyl (C=O) groups excluding carboxylic acids is 1. The van der Waals surface area contributed by atoms with Crippen LogP contribution in [0.3, 0.4) is 0 Å². The number of ether oxygens (including phenoxy) is 1. The number of carbonyl (C=O) groups is 1. The molecule has 3 aromatic rings. The van der Waals surface area contributed by atoms with Gasteiger partial charge >= 0.3 is 5.97 Å². The molecule has 0 fully saturated rings. The van der Waals surface area contributed by atoms with Gasteiger partial charge in [0.25, 0.3) is 11.8 Å². The molecule has 0 radical (unpaired) electrons. The highest BCUT2D eigenvalue weighted by Crippen LogP contribution is 2.34. The summed E-state index contributed by atoms with van der Waals surface area (Å²) in [5.74, 6) is 0.227. The Kier molecular flexibility index (Phi) is 5.84. The lowest BCUT2D eigenvalue weighted by atomic mass is 9.92. The van der Waals surface area contributed by atoms with Crippen molar-refractivity contribution in [1.29, 1.82) is 0 Å². The third-order valence-electron chi connectivity index (χ3n) is 4.47. The van der Waals surface area contributed by atoms with Crippen LogP contribution in [0.25, 0.3) is 10.8 Å². The van der Waals surface area contributed by atoms with Crippen LogP contribution in [0.1, 0.15) is 79.9 Å². The molecular weight excluding hydrogens is 376 g/mol. The van der Waals surface area contributed by atoms with Crippen LogP contribution >= 0.6 is 11.3 Å². The van der Waals surface area contributed by atoms with Gasteiger partial charge in [-0.15, -0.1) is 21.5 Å². The summed E-state index contributed by atoms with van der Waals surface area (Å²) in [5.41, 5.74) is 1.85. The van der Waals surface area contributed by atoms with Crippen LogP contribution < -0.4 is 0 Å². The van der Waals surface area contributed by atoms with E-state index in [1.54, 1.807) is 13.0 Å². The summed E-state index contributed by atoms with van der Waals surface area (Å²) in [6.07, 6.45) is -0.738. The first-order valence-electron chi connectivity index (χ1n) is 9.23. The molecule has 0 unspecified atom stereocenters. The number of hydrogen-bond donors (Lipinski definition) is 1. The number of phenolic OH excluding ortho intramolecular Hbond substituents is 1. The molecule has 28 heavy (non-hydrogen) atoms. The summed E-state index contributed by atoms with van der Waals surface area (Å²) in [5, 5.41) is 20.5. The average Bonchev–Trinajstić information content (AvgIpc) is 3.32. The van der Waals surface area contributed by atoms with E-state index in [1.165, 1.54) is 11.3 Å². The third kappa shape index (κ3) is 4.09. The van der Waals surface area contributed by atoms with E-state index in [-0.39, 0.29) is 29.0 Å². The smallest absolute Gasteiger partial charge is 0.342 e.